The molecule has 5 rings (SSSR count). The van der Waals surface area contributed by atoms with Gasteiger partial charge in [-0.2, -0.15) is 13.2 Å². The summed E-state index contributed by atoms with van der Waals surface area (Å²) >= 11 is 6.04. The largest absolute Gasteiger partial charge is 0.416 e. The Morgan fingerprint density at radius 1 is 0.829 bits per heavy atom. The van der Waals surface area contributed by atoms with Crippen molar-refractivity contribution in [2.75, 3.05) is 0 Å². The molecule has 0 spiro atoms. The zero-order valence-corrected chi connectivity index (χ0v) is 19.2. The fourth-order valence-electron chi connectivity index (χ4n) is 3.97. The van der Waals surface area contributed by atoms with E-state index in [4.69, 9.17) is 16.6 Å². The number of benzene rings is 3. The second-order valence-corrected chi connectivity index (χ2v) is 8.29. The van der Waals surface area contributed by atoms with Crippen molar-refractivity contribution in [1.82, 2.24) is 19.1 Å². The highest BCUT2D eigenvalue weighted by Gasteiger charge is 2.30. The summed E-state index contributed by atoms with van der Waals surface area (Å²) in [5, 5.41) is 0.480. The molecule has 0 aliphatic heterocycles. The van der Waals surface area contributed by atoms with Gasteiger partial charge in [0.2, 0.25) is 0 Å². The fourth-order valence-corrected chi connectivity index (χ4v) is 4.10. The van der Waals surface area contributed by atoms with Crippen LogP contribution in [-0.4, -0.2) is 19.1 Å². The molecule has 0 saturated heterocycles. The van der Waals surface area contributed by atoms with Crippen molar-refractivity contribution in [3.8, 4) is 22.8 Å². The molecule has 0 unspecified atom stereocenters. The lowest BCUT2D eigenvalue weighted by atomic mass is 10.1. The van der Waals surface area contributed by atoms with E-state index in [1.54, 1.807) is 28.8 Å². The lowest BCUT2D eigenvalue weighted by Crippen LogP contribution is -2.22. The number of fused-ring (bicyclic) bond motifs is 1. The van der Waals surface area contributed by atoms with Crippen LogP contribution in [0.5, 0.6) is 0 Å². The van der Waals surface area contributed by atoms with E-state index in [0.717, 1.165) is 17.8 Å². The van der Waals surface area contributed by atoms with Gasteiger partial charge in [-0.3, -0.25) is 13.9 Å². The molecule has 0 amide bonds. The Hall–Kier alpha value is -3.91. The quantitative estimate of drug-likeness (QED) is 0.287. The zero-order chi connectivity index (χ0) is 24.7. The van der Waals surface area contributed by atoms with Gasteiger partial charge < -0.3 is 0 Å². The van der Waals surface area contributed by atoms with Gasteiger partial charge in [0.15, 0.2) is 11.2 Å². The molecule has 5 aromatic rings. The van der Waals surface area contributed by atoms with Gasteiger partial charge in [0.1, 0.15) is 11.6 Å². The number of aryl methyl sites for hydroxylation is 1. The molecule has 0 atom stereocenters. The Labute approximate surface area is 203 Å². The van der Waals surface area contributed by atoms with Crippen LogP contribution in [0.3, 0.4) is 0 Å². The smallest absolute Gasteiger partial charge is 0.280 e. The minimum absolute atomic E-state index is 0.163. The molecule has 0 radical (unpaired) electrons. The van der Waals surface area contributed by atoms with Crippen LogP contribution in [-0.2, 0) is 12.6 Å². The van der Waals surface area contributed by atoms with Crippen LogP contribution in [0.2, 0.25) is 5.02 Å². The third kappa shape index (κ3) is 4.10. The Morgan fingerprint density at radius 2 is 1.46 bits per heavy atom. The van der Waals surface area contributed by atoms with Gasteiger partial charge >= 0.3 is 6.18 Å². The standard InChI is InChI=1S/C26H18ClF3N4O/c1-2-21-31-22-24(33(21)19-6-4-3-5-7-19)32-23(16-8-10-17(11-9-16)26(28,29)30)34(25(22)35)20-14-12-18(27)13-15-20/h3-15H,2H2,1H3. The van der Waals surface area contributed by atoms with Crippen molar-refractivity contribution in [2.24, 2.45) is 0 Å². The topological polar surface area (TPSA) is 52.7 Å². The first kappa shape index (κ1) is 22.9. The number of alkyl halides is 3. The van der Waals surface area contributed by atoms with E-state index in [0.29, 0.717) is 34.2 Å². The number of halogens is 4. The minimum Gasteiger partial charge on any atom is -0.280 e. The molecule has 0 aliphatic carbocycles. The molecule has 0 saturated carbocycles. The molecule has 0 fully saturated rings. The third-order valence-electron chi connectivity index (χ3n) is 5.64. The fraction of sp³-hybridized carbons (Fsp3) is 0.115. The molecule has 2 heterocycles. The predicted molar refractivity (Wildman–Crippen MR) is 129 cm³/mol. The lowest BCUT2D eigenvalue weighted by molar-refractivity contribution is -0.137. The van der Waals surface area contributed by atoms with Crippen molar-refractivity contribution >= 4 is 22.8 Å². The first-order valence-electron chi connectivity index (χ1n) is 10.8. The number of para-hydroxylation sites is 1. The summed E-state index contributed by atoms with van der Waals surface area (Å²) in [5.41, 5.74) is 0.875. The van der Waals surface area contributed by atoms with Crippen LogP contribution >= 0.6 is 11.6 Å². The summed E-state index contributed by atoms with van der Waals surface area (Å²) in [4.78, 5) is 23.2. The average Bonchev–Trinajstić information content (AvgIpc) is 3.24. The maximum atomic E-state index is 13.8. The number of nitrogens with zero attached hydrogens (tertiary/aromatic N) is 4. The van der Waals surface area contributed by atoms with Crippen molar-refractivity contribution in [1.29, 1.82) is 0 Å². The lowest BCUT2D eigenvalue weighted by Gasteiger charge is -2.14. The molecular weight excluding hydrogens is 477 g/mol. The molecule has 3 aromatic carbocycles. The Morgan fingerprint density at radius 3 is 2.06 bits per heavy atom. The van der Waals surface area contributed by atoms with Crippen molar-refractivity contribution in [2.45, 2.75) is 19.5 Å². The number of imidazole rings is 1. The van der Waals surface area contributed by atoms with E-state index in [9.17, 15) is 18.0 Å². The highest BCUT2D eigenvalue weighted by atomic mass is 35.5. The number of hydrogen-bond donors (Lipinski definition) is 0. The SMILES string of the molecule is CCc1nc2c(=O)n(-c3ccc(Cl)cc3)c(-c3ccc(C(F)(F)F)cc3)nc2n1-c1ccccc1. The van der Waals surface area contributed by atoms with E-state index < -0.39 is 17.3 Å². The van der Waals surface area contributed by atoms with Crippen molar-refractivity contribution in [3.05, 3.63) is 106 Å². The molecule has 9 heteroatoms. The minimum atomic E-state index is -4.48. The molecule has 0 N–H and O–H groups in total. The monoisotopic (exact) mass is 494 g/mol. The van der Waals surface area contributed by atoms with Gasteiger partial charge in [-0.25, -0.2) is 9.97 Å². The zero-order valence-electron chi connectivity index (χ0n) is 18.4. The van der Waals surface area contributed by atoms with E-state index in [-0.39, 0.29) is 11.3 Å². The van der Waals surface area contributed by atoms with E-state index in [1.807, 2.05) is 37.3 Å². The molecule has 35 heavy (non-hydrogen) atoms. The molecular formula is C26H18ClF3N4O. The Balaban J connectivity index is 1.85. The van der Waals surface area contributed by atoms with Crippen LogP contribution < -0.4 is 5.56 Å². The van der Waals surface area contributed by atoms with E-state index in [1.165, 1.54) is 16.7 Å². The predicted octanol–water partition coefficient (Wildman–Crippen LogP) is 6.47. The normalized spacial score (nSPS) is 11.8. The van der Waals surface area contributed by atoms with Crippen LogP contribution in [0.4, 0.5) is 13.2 Å². The van der Waals surface area contributed by atoms with Crippen LogP contribution in [0, 0.1) is 0 Å². The van der Waals surface area contributed by atoms with Crippen molar-refractivity contribution < 1.29 is 13.2 Å². The first-order chi connectivity index (χ1) is 16.8. The maximum absolute atomic E-state index is 13.8. The van der Waals surface area contributed by atoms with E-state index in [2.05, 4.69) is 4.98 Å². The molecule has 2 aromatic heterocycles. The summed E-state index contributed by atoms with van der Waals surface area (Å²) in [7, 11) is 0. The maximum Gasteiger partial charge on any atom is 0.416 e. The Bertz CT molecular complexity index is 1570. The summed E-state index contributed by atoms with van der Waals surface area (Å²) in [6, 6.07) is 20.5. The van der Waals surface area contributed by atoms with Crippen LogP contribution in [0.15, 0.2) is 83.7 Å². The van der Waals surface area contributed by atoms with Gasteiger partial charge in [-0.1, -0.05) is 48.9 Å². The molecule has 5 nitrogen and oxygen atoms in total. The van der Waals surface area contributed by atoms with Gasteiger partial charge in [0.25, 0.3) is 5.56 Å². The molecule has 0 aliphatic rings. The van der Waals surface area contributed by atoms with Crippen LogP contribution in [0.1, 0.15) is 18.3 Å². The second kappa shape index (κ2) is 8.70. The van der Waals surface area contributed by atoms with Gasteiger partial charge in [0, 0.05) is 22.7 Å². The third-order valence-corrected chi connectivity index (χ3v) is 5.89. The first-order valence-corrected chi connectivity index (χ1v) is 11.2. The second-order valence-electron chi connectivity index (χ2n) is 7.85. The number of hydrogen-bond acceptors (Lipinski definition) is 3. The molecule has 0 bridgehead atoms. The van der Waals surface area contributed by atoms with Gasteiger partial charge in [-0.15, -0.1) is 0 Å². The highest BCUT2D eigenvalue weighted by Crippen LogP contribution is 2.31. The van der Waals surface area contributed by atoms with Gasteiger partial charge in [-0.05, 0) is 48.5 Å². The summed E-state index contributed by atoms with van der Waals surface area (Å²) in [5.74, 6) is 0.835. The highest BCUT2D eigenvalue weighted by molar-refractivity contribution is 6.30. The number of rotatable bonds is 4. The molecule has 176 valence electrons. The summed E-state index contributed by atoms with van der Waals surface area (Å²) in [6.07, 6.45) is -3.94. The summed E-state index contributed by atoms with van der Waals surface area (Å²) in [6.45, 7) is 1.93. The van der Waals surface area contributed by atoms with Crippen molar-refractivity contribution in [3.63, 3.8) is 0 Å². The van der Waals surface area contributed by atoms with Crippen LogP contribution in [0.25, 0.3) is 33.9 Å². The van der Waals surface area contributed by atoms with E-state index >= 15 is 0 Å². The number of aromatic nitrogens is 4. The summed E-state index contributed by atoms with van der Waals surface area (Å²) < 4.78 is 42.6. The van der Waals surface area contributed by atoms with Gasteiger partial charge in [0.05, 0.1) is 11.3 Å². The average molecular weight is 495 g/mol. The Kier molecular flexibility index (Phi) is 5.68.